The lowest BCUT2D eigenvalue weighted by Crippen LogP contribution is -1.94. The van der Waals surface area contributed by atoms with Crippen LogP contribution in [-0.4, -0.2) is 18.0 Å². The van der Waals surface area contributed by atoms with Gasteiger partial charge in [0.2, 0.25) is 0 Å². The van der Waals surface area contributed by atoms with Gasteiger partial charge in [0.05, 0.1) is 6.61 Å². The summed E-state index contributed by atoms with van der Waals surface area (Å²) in [5.74, 6) is 0.494. The van der Waals surface area contributed by atoms with Crippen LogP contribution in [0.3, 0.4) is 0 Å². The van der Waals surface area contributed by atoms with Gasteiger partial charge in [-0.15, -0.1) is 0 Å². The van der Waals surface area contributed by atoms with Gasteiger partial charge >= 0.3 is 0 Å². The van der Waals surface area contributed by atoms with E-state index in [2.05, 4.69) is 0 Å². The number of carbonyl (C=O) groups is 1. The van der Waals surface area contributed by atoms with Crippen LogP contribution in [0, 0.1) is 0 Å². The van der Waals surface area contributed by atoms with Crippen LogP contribution < -0.4 is 4.74 Å². The summed E-state index contributed by atoms with van der Waals surface area (Å²) >= 11 is 0. The maximum absolute atomic E-state index is 10.1. The summed E-state index contributed by atoms with van der Waals surface area (Å²) in [7, 11) is 0. The maximum Gasteiger partial charge on any atom is 0.168 e. The molecule has 1 aromatic carbocycles. The van der Waals surface area contributed by atoms with Crippen molar-refractivity contribution >= 4 is 12.4 Å². The van der Waals surface area contributed by atoms with Crippen LogP contribution in [0.15, 0.2) is 24.3 Å². The Morgan fingerprint density at radius 2 is 2.29 bits per heavy atom. The Kier molecular flexibility index (Phi) is 3.73. The summed E-state index contributed by atoms with van der Waals surface area (Å²) in [6, 6.07) is 5.01. The molecule has 0 amide bonds. The summed E-state index contributed by atoms with van der Waals surface area (Å²) < 4.78 is 5.25. The van der Waals surface area contributed by atoms with E-state index in [9.17, 15) is 9.90 Å². The molecule has 0 aromatic heterocycles. The van der Waals surface area contributed by atoms with Gasteiger partial charge in [-0.2, -0.15) is 0 Å². The Hall–Kier alpha value is -1.77. The van der Waals surface area contributed by atoms with E-state index in [1.807, 2.05) is 6.92 Å². The van der Waals surface area contributed by atoms with Crippen LogP contribution in [0.5, 0.6) is 11.5 Å². The zero-order valence-corrected chi connectivity index (χ0v) is 7.93. The molecule has 0 bridgehead atoms. The Morgan fingerprint density at radius 1 is 1.50 bits per heavy atom. The zero-order valence-electron chi connectivity index (χ0n) is 7.93. The van der Waals surface area contributed by atoms with Crippen molar-refractivity contribution in [3.63, 3.8) is 0 Å². The van der Waals surface area contributed by atoms with E-state index in [0.717, 1.165) is 0 Å². The highest BCUT2D eigenvalue weighted by molar-refractivity contribution is 5.76. The molecule has 0 heterocycles. The normalized spacial score (nSPS) is 10.4. The number of phenolic OH excluding ortho intramolecular Hbond substituents is 1. The monoisotopic (exact) mass is 192 g/mol. The van der Waals surface area contributed by atoms with Gasteiger partial charge in [-0.25, -0.2) is 0 Å². The fraction of sp³-hybridized carbons (Fsp3) is 0.182. The van der Waals surface area contributed by atoms with Crippen LogP contribution in [0.1, 0.15) is 12.5 Å². The lowest BCUT2D eigenvalue weighted by Gasteiger charge is -2.08. The molecular formula is C11H12O3. The quantitative estimate of drug-likeness (QED) is 0.586. The molecule has 0 aliphatic heterocycles. The van der Waals surface area contributed by atoms with E-state index in [-0.39, 0.29) is 5.75 Å². The Labute approximate surface area is 82.6 Å². The van der Waals surface area contributed by atoms with Crippen molar-refractivity contribution < 1.29 is 14.6 Å². The number of para-hydroxylation sites is 1. The van der Waals surface area contributed by atoms with Crippen LogP contribution in [0.25, 0.3) is 6.08 Å². The van der Waals surface area contributed by atoms with Gasteiger partial charge in [0.25, 0.3) is 0 Å². The smallest absolute Gasteiger partial charge is 0.168 e. The number of ether oxygens (including phenoxy) is 1. The number of hydrogen-bond acceptors (Lipinski definition) is 3. The number of carbonyl (C=O) groups excluding carboxylic acids is 1. The predicted octanol–water partition coefficient (Wildman–Crippen LogP) is 2.00. The summed E-state index contributed by atoms with van der Waals surface area (Å²) in [6.07, 6.45) is 3.63. The molecule has 1 N–H and O–H groups in total. The molecule has 0 aliphatic carbocycles. The van der Waals surface area contributed by atoms with Gasteiger partial charge in [-0.05, 0) is 25.1 Å². The molecule has 3 heteroatoms. The summed E-state index contributed by atoms with van der Waals surface area (Å²) in [4.78, 5) is 10.1. The molecule has 1 rings (SSSR count). The van der Waals surface area contributed by atoms with Crippen LogP contribution in [0.2, 0.25) is 0 Å². The molecule has 0 saturated heterocycles. The Morgan fingerprint density at radius 3 is 2.93 bits per heavy atom. The van der Waals surface area contributed by atoms with Crippen LogP contribution in [-0.2, 0) is 4.79 Å². The fourth-order valence-corrected chi connectivity index (χ4v) is 1.12. The van der Waals surface area contributed by atoms with Crippen molar-refractivity contribution in [2.45, 2.75) is 6.92 Å². The topological polar surface area (TPSA) is 46.5 Å². The molecule has 0 aliphatic rings. The second-order valence-electron chi connectivity index (χ2n) is 2.62. The maximum atomic E-state index is 10.1. The summed E-state index contributed by atoms with van der Waals surface area (Å²) in [5, 5.41) is 9.47. The Bertz CT molecular complexity index is 342. The number of hydrogen-bond donors (Lipinski definition) is 1. The van der Waals surface area contributed by atoms with E-state index in [1.54, 1.807) is 24.3 Å². The molecular weight excluding hydrogens is 180 g/mol. The first kappa shape index (κ1) is 10.3. The first-order chi connectivity index (χ1) is 6.79. The Balaban J connectivity index is 3.06. The van der Waals surface area contributed by atoms with Crippen molar-refractivity contribution in [2.24, 2.45) is 0 Å². The van der Waals surface area contributed by atoms with Gasteiger partial charge < -0.3 is 9.84 Å². The second-order valence-corrected chi connectivity index (χ2v) is 2.62. The van der Waals surface area contributed by atoms with Crippen LogP contribution >= 0.6 is 0 Å². The molecule has 0 radical (unpaired) electrons. The molecule has 3 nitrogen and oxygen atoms in total. The molecule has 0 saturated carbocycles. The van der Waals surface area contributed by atoms with Gasteiger partial charge in [0, 0.05) is 5.56 Å². The minimum Gasteiger partial charge on any atom is -0.504 e. The molecule has 1 aromatic rings. The zero-order chi connectivity index (χ0) is 10.4. The minimum absolute atomic E-state index is 0.0832. The van der Waals surface area contributed by atoms with Crippen molar-refractivity contribution in [3.05, 3.63) is 29.8 Å². The highest BCUT2D eigenvalue weighted by Gasteiger charge is 2.05. The van der Waals surface area contributed by atoms with Crippen LogP contribution in [0.4, 0.5) is 0 Å². The van der Waals surface area contributed by atoms with Gasteiger partial charge in [-0.1, -0.05) is 12.1 Å². The molecule has 14 heavy (non-hydrogen) atoms. The standard InChI is InChI=1S/C11H12O3/c1-2-14-11-9(6-4-8-12)5-3-7-10(11)13/h3-8,13H,2H2,1H3/b6-4+. The average Bonchev–Trinajstić information content (AvgIpc) is 2.19. The number of benzene rings is 1. The SMILES string of the molecule is CCOc1c(O)cccc1/C=C/C=O. The molecule has 74 valence electrons. The average molecular weight is 192 g/mol. The molecule has 0 atom stereocenters. The number of rotatable bonds is 4. The van der Waals surface area contributed by atoms with E-state index in [4.69, 9.17) is 4.74 Å². The first-order valence-electron chi connectivity index (χ1n) is 4.36. The number of aldehydes is 1. The van der Waals surface area contributed by atoms with Gasteiger partial charge in [0.15, 0.2) is 11.5 Å². The highest BCUT2D eigenvalue weighted by atomic mass is 16.5. The third kappa shape index (κ3) is 2.36. The van der Waals surface area contributed by atoms with Gasteiger partial charge in [0.1, 0.15) is 6.29 Å². The third-order valence-corrected chi connectivity index (χ3v) is 1.67. The molecule has 0 spiro atoms. The van der Waals surface area contributed by atoms with Crippen molar-refractivity contribution in [1.82, 2.24) is 0 Å². The third-order valence-electron chi connectivity index (χ3n) is 1.67. The summed E-state index contributed by atoms with van der Waals surface area (Å²) in [6.45, 7) is 2.30. The summed E-state index contributed by atoms with van der Waals surface area (Å²) in [5.41, 5.74) is 0.693. The van der Waals surface area contributed by atoms with E-state index in [1.165, 1.54) is 6.08 Å². The minimum atomic E-state index is 0.0832. The highest BCUT2D eigenvalue weighted by Crippen LogP contribution is 2.30. The van der Waals surface area contributed by atoms with E-state index in [0.29, 0.717) is 24.2 Å². The second kappa shape index (κ2) is 5.07. The van der Waals surface area contributed by atoms with Crippen molar-refractivity contribution in [2.75, 3.05) is 6.61 Å². The van der Waals surface area contributed by atoms with E-state index < -0.39 is 0 Å². The largest absolute Gasteiger partial charge is 0.504 e. The predicted molar refractivity (Wildman–Crippen MR) is 54.4 cm³/mol. The lowest BCUT2D eigenvalue weighted by atomic mass is 10.1. The van der Waals surface area contributed by atoms with Crippen molar-refractivity contribution in [3.8, 4) is 11.5 Å². The van der Waals surface area contributed by atoms with E-state index >= 15 is 0 Å². The first-order valence-corrected chi connectivity index (χ1v) is 4.36. The van der Waals surface area contributed by atoms with Crippen molar-refractivity contribution in [1.29, 1.82) is 0 Å². The number of phenols is 1. The lowest BCUT2D eigenvalue weighted by molar-refractivity contribution is -0.104. The number of allylic oxidation sites excluding steroid dienone is 1. The fourth-order valence-electron chi connectivity index (χ4n) is 1.12. The van der Waals surface area contributed by atoms with Gasteiger partial charge in [-0.3, -0.25) is 4.79 Å². The molecule has 0 fully saturated rings. The number of aromatic hydroxyl groups is 1. The molecule has 0 unspecified atom stereocenters.